The predicted octanol–water partition coefficient (Wildman–Crippen LogP) is 3.41. The van der Waals surface area contributed by atoms with Gasteiger partial charge in [-0.25, -0.2) is 4.98 Å². The summed E-state index contributed by atoms with van der Waals surface area (Å²) >= 11 is 0. The predicted molar refractivity (Wildman–Crippen MR) is 92.2 cm³/mol. The fraction of sp³-hybridized carbons (Fsp3) is 0.471. The number of anilines is 2. The van der Waals surface area contributed by atoms with Gasteiger partial charge in [-0.1, -0.05) is 32.8 Å². The minimum atomic E-state index is 0.243. The summed E-state index contributed by atoms with van der Waals surface area (Å²) in [6.45, 7) is 4.78. The van der Waals surface area contributed by atoms with E-state index in [2.05, 4.69) is 34.1 Å². The third-order valence-corrected chi connectivity index (χ3v) is 3.51. The first kappa shape index (κ1) is 17.0. The number of hydrogen-bond acceptors (Lipinski definition) is 6. The molecule has 3 N–H and O–H groups in total. The molecule has 23 heavy (non-hydrogen) atoms. The van der Waals surface area contributed by atoms with Crippen LogP contribution in [-0.2, 0) is 6.61 Å². The van der Waals surface area contributed by atoms with Gasteiger partial charge in [-0.2, -0.15) is 4.98 Å². The summed E-state index contributed by atoms with van der Waals surface area (Å²) in [5, 5.41) is 3.45. The highest BCUT2D eigenvalue weighted by Crippen LogP contribution is 2.25. The Bertz CT molecular complexity index is 585. The van der Waals surface area contributed by atoms with Crippen molar-refractivity contribution < 1.29 is 4.74 Å². The minimum absolute atomic E-state index is 0.243. The van der Waals surface area contributed by atoms with E-state index in [1.165, 1.54) is 0 Å². The van der Waals surface area contributed by atoms with Crippen LogP contribution in [-0.4, -0.2) is 21.0 Å². The molecule has 0 atom stereocenters. The summed E-state index contributed by atoms with van der Waals surface area (Å²) in [6.07, 6.45) is 9.54. The topological polar surface area (TPSA) is 86.0 Å². The Morgan fingerprint density at radius 2 is 2.00 bits per heavy atom. The number of nitrogen functional groups attached to an aromatic ring is 1. The van der Waals surface area contributed by atoms with Crippen molar-refractivity contribution in [2.45, 2.75) is 52.2 Å². The van der Waals surface area contributed by atoms with E-state index >= 15 is 0 Å². The van der Waals surface area contributed by atoms with E-state index in [-0.39, 0.29) is 5.95 Å². The van der Waals surface area contributed by atoms with Crippen molar-refractivity contribution in [2.75, 3.05) is 11.1 Å². The molecule has 0 aliphatic rings. The highest BCUT2D eigenvalue weighted by atomic mass is 16.5. The molecule has 0 aromatic carbocycles. The van der Waals surface area contributed by atoms with Crippen LogP contribution in [0.25, 0.3) is 0 Å². The lowest BCUT2D eigenvalue weighted by molar-refractivity contribution is 0.304. The summed E-state index contributed by atoms with van der Waals surface area (Å²) in [6, 6.07) is 4.21. The van der Waals surface area contributed by atoms with E-state index in [1.54, 1.807) is 18.6 Å². The Labute approximate surface area is 137 Å². The van der Waals surface area contributed by atoms with Gasteiger partial charge in [0.25, 0.3) is 0 Å². The molecule has 0 radical (unpaired) electrons. The maximum atomic E-state index is 5.85. The van der Waals surface area contributed by atoms with Gasteiger partial charge in [0.1, 0.15) is 6.61 Å². The molecule has 2 aromatic heterocycles. The molecule has 0 unspecified atom stereocenters. The Kier molecular flexibility index (Phi) is 6.59. The number of pyridine rings is 1. The number of nitrogens with one attached hydrogen (secondary N) is 1. The summed E-state index contributed by atoms with van der Waals surface area (Å²) in [5.74, 6) is 1.52. The Balaban J connectivity index is 2.09. The van der Waals surface area contributed by atoms with E-state index in [4.69, 9.17) is 10.5 Å². The Morgan fingerprint density at radius 1 is 1.22 bits per heavy atom. The second-order valence-electron chi connectivity index (χ2n) is 5.51. The molecule has 0 fully saturated rings. The second kappa shape index (κ2) is 8.92. The SMILES string of the molecule is CCCC(CCC)Nc1nc(N)ncc1OCc1cccnc1. The molecule has 2 rings (SSSR count). The van der Waals surface area contributed by atoms with Gasteiger partial charge in [-0.3, -0.25) is 4.98 Å². The zero-order chi connectivity index (χ0) is 16.5. The summed E-state index contributed by atoms with van der Waals surface area (Å²) < 4.78 is 5.85. The average Bonchev–Trinajstić information content (AvgIpc) is 2.55. The summed E-state index contributed by atoms with van der Waals surface area (Å²) in [5.41, 5.74) is 6.73. The molecule has 0 aliphatic carbocycles. The van der Waals surface area contributed by atoms with Crippen LogP contribution < -0.4 is 15.8 Å². The zero-order valence-electron chi connectivity index (χ0n) is 13.8. The van der Waals surface area contributed by atoms with Crippen LogP contribution in [0, 0.1) is 0 Å². The van der Waals surface area contributed by atoms with Gasteiger partial charge in [0, 0.05) is 24.0 Å². The second-order valence-corrected chi connectivity index (χ2v) is 5.51. The lowest BCUT2D eigenvalue weighted by Crippen LogP contribution is -2.21. The van der Waals surface area contributed by atoms with Crippen LogP contribution >= 0.6 is 0 Å². The van der Waals surface area contributed by atoms with Crippen molar-refractivity contribution in [1.82, 2.24) is 15.0 Å². The van der Waals surface area contributed by atoms with Crippen molar-refractivity contribution in [3.05, 3.63) is 36.3 Å². The molecule has 124 valence electrons. The van der Waals surface area contributed by atoms with Gasteiger partial charge in [0.15, 0.2) is 11.6 Å². The fourth-order valence-corrected chi connectivity index (χ4v) is 2.42. The summed E-state index contributed by atoms with van der Waals surface area (Å²) in [7, 11) is 0. The molecule has 0 amide bonds. The van der Waals surface area contributed by atoms with Gasteiger partial charge in [0.05, 0.1) is 6.20 Å². The van der Waals surface area contributed by atoms with Crippen LogP contribution in [0.3, 0.4) is 0 Å². The highest BCUT2D eigenvalue weighted by molar-refractivity contribution is 5.51. The number of hydrogen-bond donors (Lipinski definition) is 2. The monoisotopic (exact) mass is 315 g/mol. The third-order valence-electron chi connectivity index (χ3n) is 3.51. The van der Waals surface area contributed by atoms with E-state index < -0.39 is 0 Å². The lowest BCUT2D eigenvalue weighted by Gasteiger charge is -2.20. The van der Waals surface area contributed by atoms with Crippen LogP contribution in [0.4, 0.5) is 11.8 Å². The smallest absolute Gasteiger partial charge is 0.222 e. The fourth-order valence-electron chi connectivity index (χ4n) is 2.42. The van der Waals surface area contributed by atoms with Gasteiger partial charge in [-0.05, 0) is 18.9 Å². The maximum Gasteiger partial charge on any atom is 0.222 e. The van der Waals surface area contributed by atoms with E-state index in [0.29, 0.717) is 24.2 Å². The van der Waals surface area contributed by atoms with Gasteiger partial charge in [-0.15, -0.1) is 0 Å². The molecule has 2 heterocycles. The number of nitrogens with two attached hydrogens (primary N) is 1. The number of rotatable bonds is 9. The van der Waals surface area contributed by atoms with E-state index in [0.717, 1.165) is 31.2 Å². The van der Waals surface area contributed by atoms with Crippen LogP contribution in [0.5, 0.6) is 5.75 Å². The lowest BCUT2D eigenvalue weighted by atomic mass is 10.1. The average molecular weight is 315 g/mol. The van der Waals surface area contributed by atoms with E-state index in [1.807, 2.05) is 12.1 Å². The largest absolute Gasteiger partial charge is 0.483 e. The normalized spacial score (nSPS) is 10.7. The first-order valence-corrected chi connectivity index (χ1v) is 8.13. The quantitative estimate of drug-likeness (QED) is 0.737. The molecular weight excluding hydrogens is 290 g/mol. The molecule has 0 aliphatic heterocycles. The number of aromatic nitrogens is 3. The molecular formula is C17H25N5O. The van der Waals surface area contributed by atoms with Crippen molar-refractivity contribution in [2.24, 2.45) is 0 Å². The third kappa shape index (κ3) is 5.39. The number of ether oxygens (including phenoxy) is 1. The molecule has 0 saturated carbocycles. The van der Waals surface area contributed by atoms with E-state index in [9.17, 15) is 0 Å². The molecule has 6 nitrogen and oxygen atoms in total. The molecule has 0 spiro atoms. The van der Waals surface area contributed by atoms with Crippen molar-refractivity contribution >= 4 is 11.8 Å². The van der Waals surface area contributed by atoms with Crippen LogP contribution in [0.2, 0.25) is 0 Å². The Hall–Kier alpha value is -2.37. The van der Waals surface area contributed by atoms with Crippen LogP contribution in [0.1, 0.15) is 45.1 Å². The zero-order valence-corrected chi connectivity index (χ0v) is 13.8. The van der Waals surface area contributed by atoms with Crippen molar-refractivity contribution in [1.29, 1.82) is 0 Å². The first-order valence-electron chi connectivity index (χ1n) is 8.13. The minimum Gasteiger partial charge on any atom is -0.483 e. The standard InChI is InChI=1S/C17H25N5O/c1-3-6-14(7-4-2)21-16-15(11-20-17(18)22-16)23-12-13-8-5-9-19-10-13/h5,8-11,14H,3-4,6-7,12H2,1-2H3,(H3,18,20,21,22). The number of nitrogens with zero attached hydrogens (tertiary/aromatic N) is 3. The maximum absolute atomic E-state index is 5.85. The van der Waals surface area contributed by atoms with Gasteiger partial charge < -0.3 is 15.8 Å². The van der Waals surface area contributed by atoms with Gasteiger partial charge >= 0.3 is 0 Å². The first-order chi connectivity index (χ1) is 11.2. The summed E-state index contributed by atoms with van der Waals surface area (Å²) in [4.78, 5) is 12.4. The molecule has 6 heteroatoms. The Morgan fingerprint density at radius 3 is 2.65 bits per heavy atom. The highest BCUT2D eigenvalue weighted by Gasteiger charge is 2.13. The van der Waals surface area contributed by atoms with Gasteiger partial charge in [0.2, 0.25) is 5.95 Å². The molecule has 2 aromatic rings. The van der Waals surface area contributed by atoms with Crippen molar-refractivity contribution in [3.8, 4) is 5.75 Å². The molecule has 0 bridgehead atoms. The van der Waals surface area contributed by atoms with Crippen LogP contribution in [0.15, 0.2) is 30.7 Å². The van der Waals surface area contributed by atoms with Crippen molar-refractivity contribution in [3.63, 3.8) is 0 Å². The molecule has 0 saturated heterocycles.